The summed E-state index contributed by atoms with van der Waals surface area (Å²) in [5.74, 6) is -0.862. The molecule has 2 amide bonds. The molecule has 262 valence electrons. The van der Waals surface area contributed by atoms with Gasteiger partial charge in [-0.1, -0.05) is 174 Å². The molecule has 0 unspecified atom stereocenters. The van der Waals surface area contributed by atoms with Crippen LogP contribution in [0.3, 0.4) is 0 Å². The van der Waals surface area contributed by atoms with E-state index in [4.69, 9.17) is 0 Å². The second-order valence-corrected chi connectivity index (χ2v) is 13.7. The van der Waals surface area contributed by atoms with Gasteiger partial charge >= 0.3 is 29.6 Å². The van der Waals surface area contributed by atoms with Crippen molar-refractivity contribution < 1.29 is 56.3 Å². The Morgan fingerprint density at radius 2 is 0.911 bits per heavy atom. The normalized spacial score (nSPS) is 12.1. The molecule has 0 fully saturated rings. The van der Waals surface area contributed by atoms with Gasteiger partial charge in [-0.05, 0) is 12.8 Å². The van der Waals surface area contributed by atoms with Crippen LogP contribution in [0, 0.1) is 0 Å². The molecule has 0 aromatic rings. The minimum Gasteiger partial charge on any atom is -0.726 e. The predicted molar refractivity (Wildman–Crippen MR) is 181 cm³/mol. The van der Waals surface area contributed by atoms with Crippen LogP contribution in [0.4, 0.5) is 0 Å². The Kier molecular flexibility index (Phi) is 36.6. The van der Waals surface area contributed by atoms with E-state index in [-0.39, 0.29) is 41.9 Å². The van der Waals surface area contributed by atoms with E-state index in [9.17, 15) is 22.6 Å². The number of unbranched alkanes of at least 4 members (excludes halogenated alkanes) is 25. The molecule has 0 spiro atoms. The van der Waals surface area contributed by atoms with Gasteiger partial charge in [-0.3, -0.25) is 13.8 Å². The number of hydrogen-bond donors (Lipinski definition) is 2. The van der Waals surface area contributed by atoms with E-state index < -0.39 is 29.0 Å². The summed E-state index contributed by atoms with van der Waals surface area (Å²) in [7, 11) is -4.96. The van der Waals surface area contributed by atoms with Gasteiger partial charge in [0, 0.05) is 13.0 Å². The van der Waals surface area contributed by atoms with Crippen molar-refractivity contribution >= 4 is 22.2 Å². The quantitative estimate of drug-likeness (QED) is 0.0374. The van der Waals surface area contributed by atoms with Crippen molar-refractivity contribution in [2.24, 2.45) is 0 Å². The van der Waals surface area contributed by atoms with Crippen LogP contribution < -0.4 is 40.2 Å². The zero-order chi connectivity index (χ0) is 32.6. The molecule has 1 atom stereocenters. The fraction of sp³-hybridized carbons (Fsp3) is 0.943. The van der Waals surface area contributed by atoms with Gasteiger partial charge in [0.25, 0.3) is 0 Å². The summed E-state index contributed by atoms with van der Waals surface area (Å²) < 4.78 is 37.1. The predicted octanol–water partition coefficient (Wildman–Crippen LogP) is 6.03. The molecular formula is C35H69N2NaO6S. The molecule has 0 heterocycles. The van der Waals surface area contributed by atoms with Gasteiger partial charge in [0.15, 0.2) is 0 Å². The van der Waals surface area contributed by atoms with Crippen LogP contribution >= 0.6 is 0 Å². The third-order valence-electron chi connectivity index (χ3n) is 8.37. The summed E-state index contributed by atoms with van der Waals surface area (Å²) in [5.41, 5.74) is 0. The average Bonchev–Trinajstić information content (AvgIpc) is 2.99. The molecule has 8 nitrogen and oxygen atoms in total. The van der Waals surface area contributed by atoms with Crippen molar-refractivity contribution in [1.29, 1.82) is 0 Å². The number of hydrogen-bond acceptors (Lipinski definition) is 6. The maximum atomic E-state index is 12.6. The zero-order valence-corrected chi connectivity index (χ0v) is 32.5. The van der Waals surface area contributed by atoms with Crippen LogP contribution in [-0.4, -0.2) is 44.0 Å². The fourth-order valence-corrected chi connectivity index (χ4v) is 5.86. The summed E-state index contributed by atoms with van der Waals surface area (Å²) in [4.78, 5) is 25.0. The molecule has 0 aliphatic rings. The Labute approximate surface area is 300 Å². The first kappa shape index (κ1) is 46.9. The largest absolute Gasteiger partial charge is 1.00 e. The number of rotatable bonds is 34. The zero-order valence-electron chi connectivity index (χ0n) is 29.6. The van der Waals surface area contributed by atoms with Gasteiger partial charge in [-0.15, -0.1) is 0 Å². The van der Waals surface area contributed by atoms with Crippen LogP contribution in [0.25, 0.3) is 0 Å². The summed E-state index contributed by atoms with van der Waals surface area (Å²) in [6, 6.07) is -1.21. The minimum atomic E-state index is -4.96. The third-order valence-corrected chi connectivity index (χ3v) is 8.79. The molecule has 0 rings (SSSR count). The molecule has 0 bridgehead atoms. The number of carbonyl (C=O) groups is 2. The molecular weight excluding hydrogens is 599 g/mol. The van der Waals surface area contributed by atoms with Gasteiger partial charge in [0.1, 0.15) is 6.04 Å². The maximum absolute atomic E-state index is 12.6. The Morgan fingerprint density at radius 3 is 1.27 bits per heavy atom. The molecule has 0 aliphatic carbocycles. The van der Waals surface area contributed by atoms with Gasteiger partial charge < -0.3 is 15.2 Å². The van der Waals surface area contributed by atoms with Crippen LogP contribution in [0.2, 0.25) is 0 Å². The van der Waals surface area contributed by atoms with Crippen LogP contribution in [0.1, 0.15) is 194 Å². The van der Waals surface area contributed by atoms with Gasteiger partial charge in [0.2, 0.25) is 22.2 Å². The first-order valence-corrected chi connectivity index (χ1v) is 19.8. The first-order chi connectivity index (χ1) is 21.3. The van der Waals surface area contributed by atoms with Crippen molar-refractivity contribution in [3.05, 3.63) is 0 Å². The van der Waals surface area contributed by atoms with Gasteiger partial charge in [-0.2, -0.15) is 0 Å². The summed E-state index contributed by atoms with van der Waals surface area (Å²) in [6.45, 7) is 4.23. The van der Waals surface area contributed by atoms with E-state index in [1.807, 2.05) is 0 Å². The fourth-order valence-electron chi connectivity index (χ4n) is 5.56. The van der Waals surface area contributed by atoms with Crippen LogP contribution in [0.15, 0.2) is 0 Å². The second kappa shape index (κ2) is 35.1. The molecule has 10 heteroatoms. The monoisotopic (exact) mass is 668 g/mol. The van der Waals surface area contributed by atoms with Crippen molar-refractivity contribution in [3.63, 3.8) is 0 Å². The smallest absolute Gasteiger partial charge is 0.726 e. The Balaban J connectivity index is 0. The SMILES string of the molecule is CCCCCCCCCCCCCCCCCC(=O)N[C@@H](COS(=O)(=O)[O-])C(=O)NCCCCCCCCCCCCCC.[Na+]. The summed E-state index contributed by atoms with van der Waals surface area (Å²) >= 11 is 0. The second-order valence-electron chi connectivity index (χ2n) is 12.7. The van der Waals surface area contributed by atoms with E-state index in [0.29, 0.717) is 13.0 Å². The number of amides is 2. The first-order valence-electron chi connectivity index (χ1n) is 18.5. The van der Waals surface area contributed by atoms with Crippen LogP contribution in [0.5, 0.6) is 0 Å². The molecule has 0 aromatic carbocycles. The number of nitrogens with one attached hydrogen (secondary N) is 2. The van der Waals surface area contributed by atoms with Crippen molar-refractivity contribution in [1.82, 2.24) is 10.6 Å². The van der Waals surface area contributed by atoms with Gasteiger partial charge in [0.05, 0.1) is 6.61 Å². The molecule has 0 radical (unpaired) electrons. The van der Waals surface area contributed by atoms with E-state index in [1.165, 1.54) is 128 Å². The van der Waals surface area contributed by atoms with E-state index in [1.54, 1.807) is 0 Å². The molecule has 0 aromatic heterocycles. The maximum Gasteiger partial charge on any atom is 1.00 e. The van der Waals surface area contributed by atoms with Crippen molar-refractivity contribution in [2.45, 2.75) is 200 Å². The minimum absolute atomic E-state index is 0. The molecule has 0 saturated carbocycles. The Bertz CT molecular complexity index is 769. The Morgan fingerprint density at radius 1 is 0.578 bits per heavy atom. The van der Waals surface area contributed by atoms with E-state index in [2.05, 4.69) is 28.7 Å². The standard InChI is InChI=1S/C35H70N2O6S.Na/c1-3-5-7-9-11-13-15-17-18-19-20-22-24-26-28-30-34(38)37-33(32-43-44(40,41)42)35(39)36-31-29-27-25-23-21-16-14-12-10-8-6-4-2;/h33H,3-32H2,1-2H3,(H,36,39)(H,37,38)(H,40,41,42);/q;+1/p-1/t33-;/m0./s1. The van der Waals surface area contributed by atoms with Crippen molar-refractivity contribution in [2.75, 3.05) is 13.2 Å². The van der Waals surface area contributed by atoms with Crippen molar-refractivity contribution in [3.8, 4) is 0 Å². The Hall–Kier alpha value is -0.190. The molecule has 2 N–H and O–H groups in total. The van der Waals surface area contributed by atoms with Crippen LogP contribution in [-0.2, 0) is 24.2 Å². The summed E-state index contributed by atoms with van der Waals surface area (Å²) in [6.07, 6.45) is 33.4. The molecule has 45 heavy (non-hydrogen) atoms. The molecule has 0 aliphatic heterocycles. The van der Waals surface area contributed by atoms with Gasteiger partial charge in [-0.25, -0.2) is 8.42 Å². The summed E-state index contributed by atoms with van der Waals surface area (Å²) in [5, 5.41) is 5.31. The van der Waals surface area contributed by atoms with E-state index >= 15 is 0 Å². The molecule has 0 saturated heterocycles. The third kappa shape index (κ3) is 36.5. The average molecular weight is 669 g/mol. The van der Waals surface area contributed by atoms with E-state index in [0.717, 1.165) is 38.5 Å². The number of carbonyl (C=O) groups excluding carboxylic acids is 2. The topological polar surface area (TPSA) is 125 Å².